The molecule has 2 aromatic carbocycles. The molecule has 1 aromatic heterocycles. The molecule has 0 radical (unpaired) electrons. The molecule has 0 aliphatic heterocycles. The Bertz CT molecular complexity index is 921. The van der Waals surface area contributed by atoms with Crippen LogP contribution in [0.25, 0.3) is 0 Å². The van der Waals surface area contributed by atoms with Gasteiger partial charge in [-0.1, -0.05) is 24.8 Å². The molecule has 0 amide bonds. The summed E-state index contributed by atoms with van der Waals surface area (Å²) in [5, 5.41) is 0.374. The Morgan fingerprint density at radius 3 is 2.54 bits per heavy atom. The van der Waals surface area contributed by atoms with Crippen LogP contribution in [0.1, 0.15) is 18.2 Å². The van der Waals surface area contributed by atoms with E-state index in [-0.39, 0.29) is 17.2 Å². The summed E-state index contributed by atoms with van der Waals surface area (Å²) in [6, 6.07) is 10.7. The van der Waals surface area contributed by atoms with E-state index in [0.717, 1.165) is 23.9 Å². The minimum Gasteiger partial charge on any atom is -0.439 e. The minimum atomic E-state index is -0.500. The van der Waals surface area contributed by atoms with Crippen LogP contribution in [0.5, 0.6) is 11.6 Å². The van der Waals surface area contributed by atoms with Gasteiger partial charge >= 0.3 is 0 Å². The summed E-state index contributed by atoms with van der Waals surface area (Å²) < 4.78 is 45.9. The third-order valence-corrected chi connectivity index (χ3v) is 4.38. The third kappa shape index (κ3) is 4.76. The largest absolute Gasteiger partial charge is 0.439 e. The Labute approximate surface area is 153 Å². The predicted molar refractivity (Wildman–Crippen MR) is 93.8 cm³/mol. The van der Waals surface area contributed by atoms with Crippen molar-refractivity contribution in [2.45, 2.75) is 24.3 Å². The highest BCUT2D eigenvalue weighted by Gasteiger charge is 2.10. The summed E-state index contributed by atoms with van der Waals surface area (Å²) in [6.45, 7) is 1.93. The van der Waals surface area contributed by atoms with Crippen LogP contribution < -0.4 is 4.74 Å². The molecular formula is C19H15F3N2OS. The zero-order chi connectivity index (χ0) is 18.5. The van der Waals surface area contributed by atoms with Gasteiger partial charge in [0, 0.05) is 29.1 Å². The van der Waals surface area contributed by atoms with Crippen LogP contribution in [-0.4, -0.2) is 9.97 Å². The number of benzene rings is 2. The fourth-order valence-electron chi connectivity index (χ4n) is 2.19. The van der Waals surface area contributed by atoms with Gasteiger partial charge in [-0.2, -0.15) is 4.98 Å². The molecule has 0 aliphatic carbocycles. The Balaban J connectivity index is 1.79. The van der Waals surface area contributed by atoms with Gasteiger partial charge in [-0.05, 0) is 36.8 Å². The monoisotopic (exact) mass is 376 g/mol. The highest BCUT2D eigenvalue weighted by Crippen LogP contribution is 2.26. The van der Waals surface area contributed by atoms with Crippen molar-refractivity contribution < 1.29 is 17.9 Å². The van der Waals surface area contributed by atoms with Gasteiger partial charge in [-0.25, -0.2) is 18.2 Å². The van der Waals surface area contributed by atoms with E-state index in [9.17, 15) is 13.2 Å². The lowest BCUT2D eigenvalue weighted by molar-refractivity contribution is 0.449. The van der Waals surface area contributed by atoms with E-state index in [1.807, 2.05) is 6.92 Å². The summed E-state index contributed by atoms with van der Waals surface area (Å²) in [5.74, 6) is -0.635. The number of hydrogen-bond donors (Lipinski definition) is 0. The molecule has 0 atom stereocenters. The van der Waals surface area contributed by atoms with Gasteiger partial charge in [0.2, 0.25) is 5.88 Å². The summed E-state index contributed by atoms with van der Waals surface area (Å²) in [7, 11) is 0. The Kier molecular flexibility index (Phi) is 5.78. The number of thioether (sulfide) groups is 1. The molecule has 7 heteroatoms. The van der Waals surface area contributed by atoms with Crippen LogP contribution in [0.3, 0.4) is 0 Å². The van der Waals surface area contributed by atoms with Crippen molar-refractivity contribution in [3.05, 3.63) is 77.2 Å². The average Bonchev–Trinajstić information content (AvgIpc) is 2.62. The van der Waals surface area contributed by atoms with E-state index < -0.39 is 17.5 Å². The second-order valence-electron chi connectivity index (χ2n) is 5.42. The van der Waals surface area contributed by atoms with Gasteiger partial charge in [-0.15, -0.1) is 0 Å². The van der Waals surface area contributed by atoms with Gasteiger partial charge in [0.25, 0.3) is 0 Å². The zero-order valence-corrected chi connectivity index (χ0v) is 14.7. The maximum Gasteiger partial charge on any atom is 0.223 e. The maximum atomic E-state index is 13.7. The first-order valence-corrected chi connectivity index (χ1v) is 8.90. The number of ether oxygens (including phenoxy) is 1. The maximum absolute atomic E-state index is 13.7. The lowest BCUT2D eigenvalue weighted by atomic mass is 10.2. The molecule has 0 fully saturated rings. The van der Waals surface area contributed by atoms with Crippen molar-refractivity contribution in [3.63, 3.8) is 0 Å². The molecule has 0 saturated heterocycles. The number of aromatic nitrogens is 2. The molecule has 3 rings (SSSR count). The fraction of sp³-hybridized carbons (Fsp3) is 0.158. The topological polar surface area (TPSA) is 35.0 Å². The molecule has 26 heavy (non-hydrogen) atoms. The lowest BCUT2D eigenvalue weighted by Crippen LogP contribution is -1.98. The van der Waals surface area contributed by atoms with E-state index in [4.69, 9.17) is 4.74 Å². The van der Waals surface area contributed by atoms with E-state index in [2.05, 4.69) is 9.97 Å². The van der Waals surface area contributed by atoms with E-state index in [1.54, 1.807) is 12.1 Å². The minimum absolute atomic E-state index is 0.177. The number of halogens is 3. The van der Waals surface area contributed by atoms with Gasteiger partial charge in [0.05, 0.1) is 0 Å². The van der Waals surface area contributed by atoms with Crippen molar-refractivity contribution in [2.24, 2.45) is 0 Å². The van der Waals surface area contributed by atoms with Crippen LogP contribution in [-0.2, 0) is 12.2 Å². The number of nitrogens with zero attached hydrogens (tertiary/aromatic N) is 2. The van der Waals surface area contributed by atoms with Crippen molar-refractivity contribution >= 4 is 11.8 Å². The summed E-state index contributed by atoms with van der Waals surface area (Å²) in [4.78, 5) is 8.62. The van der Waals surface area contributed by atoms with Gasteiger partial charge < -0.3 is 4.74 Å². The molecule has 134 valence electrons. The number of aryl methyl sites for hydroxylation is 1. The molecule has 3 nitrogen and oxygen atoms in total. The Morgan fingerprint density at radius 1 is 0.962 bits per heavy atom. The molecule has 1 heterocycles. The van der Waals surface area contributed by atoms with Crippen molar-refractivity contribution in [1.29, 1.82) is 0 Å². The first-order chi connectivity index (χ1) is 12.5. The smallest absolute Gasteiger partial charge is 0.223 e. The second kappa shape index (κ2) is 8.23. The molecule has 0 saturated carbocycles. The molecule has 0 aliphatic rings. The van der Waals surface area contributed by atoms with Gasteiger partial charge in [0.1, 0.15) is 23.2 Å². The summed E-state index contributed by atoms with van der Waals surface area (Å²) in [6.07, 6.45) is 0.643. The van der Waals surface area contributed by atoms with Gasteiger partial charge in [-0.3, -0.25) is 0 Å². The Hall–Kier alpha value is -2.54. The standard InChI is InChI=1S/C19H15F3N2OS/c1-2-15-10-18(25-16-5-3-4-13(20)9-16)24-19(23-15)26-11-12-8-14(21)6-7-17(12)22/h3-10H,2,11H2,1H3. The number of rotatable bonds is 6. The van der Waals surface area contributed by atoms with Crippen molar-refractivity contribution in [1.82, 2.24) is 9.97 Å². The fourth-order valence-corrected chi connectivity index (χ4v) is 3.04. The molecule has 3 aromatic rings. The molecule has 0 N–H and O–H groups in total. The lowest BCUT2D eigenvalue weighted by Gasteiger charge is -2.09. The van der Waals surface area contributed by atoms with E-state index in [0.29, 0.717) is 17.3 Å². The first-order valence-electron chi connectivity index (χ1n) is 7.91. The molecule has 0 unspecified atom stereocenters. The molecule has 0 bridgehead atoms. The Morgan fingerprint density at radius 2 is 1.77 bits per heavy atom. The van der Waals surface area contributed by atoms with E-state index in [1.165, 1.54) is 30.0 Å². The van der Waals surface area contributed by atoms with Crippen LogP contribution in [0.2, 0.25) is 0 Å². The van der Waals surface area contributed by atoms with Crippen molar-refractivity contribution in [2.75, 3.05) is 0 Å². The van der Waals surface area contributed by atoms with Crippen LogP contribution in [0, 0.1) is 17.5 Å². The van der Waals surface area contributed by atoms with Crippen LogP contribution >= 0.6 is 11.8 Å². The highest BCUT2D eigenvalue weighted by molar-refractivity contribution is 7.98. The predicted octanol–water partition coefficient (Wildman–Crippen LogP) is 5.54. The van der Waals surface area contributed by atoms with Gasteiger partial charge in [0.15, 0.2) is 5.16 Å². The normalized spacial score (nSPS) is 10.8. The first kappa shape index (κ1) is 18.3. The average molecular weight is 376 g/mol. The highest BCUT2D eigenvalue weighted by atomic mass is 32.2. The number of hydrogen-bond acceptors (Lipinski definition) is 4. The molecular weight excluding hydrogens is 361 g/mol. The molecule has 0 spiro atoms. The van der Waals surface area contributed by atoms with Crippen molar-refractivity contribution in [3.8, 4) is 11.6 Å². The summed E-state index contributed by atoms with van der Waals surface area (Å²) in [5.41, 5.74) is 0.960. The quantitative estimate of drug-likeness (QED) is 0.418. The van der Waals surface area contributed by atoms with Crippen LogP contribution in [0.15, 0.2) is 53.7 Å². The van der Waals surface area contributed by atoms with Crippen LogP contribution in [0.4, 0.5) is 13.2 Å². The SMILES string of the molecule is CCc1cc(Oc2cccc(F)c2)nc(SCc2cc(F)ccc2F)n1. The third-order valence-electron chi connectivity index (χ3n) is 3.48. The summed E-state index contributed by atoms with van der Waals surface area (Å²) >= 11 is 1.17. The van der Waals surface area contributed by atoms with E-state index >= 15 is 0 Å². The second-order valence-corrected chi connectivity index (χ2v) is 6.36. The zero-order valence-electron chi connectivity index (χ0n) is 13.9.